The zero-order chi connectivity index (χ0) is 30.1. The molecular weight excluding hydrogens is 538 g/mol. The van der Waals surface area contributed by atoms with Crippen molar-refractivity contribution in [3.63, 3.8) is 0 Å². The summed E-state index contributed by atoms with van der Waals surface area (Å²) in [6.45, 7) is 13.5. The average molecular weight is 583 g/mol. The first-order valence-electron chi connectivity index (χ1n) is 13.6. The molecule has 7 nitrogen and oxygen atoms in total. The molecule has 10 heteroatoms. The van der Waals surface area contributed by atoms with Crippen molar-refractivity contribution in [3.05, 3.63) is 58.7 Å². The molecule has 3 rings (SSSR count). The lowest BCUT2D eigenvalue weighted by molar-refractivity contribution is -0.178. The second-order valence-electron chi connectivity index (χ2n) is 11.7. The fourth-order valence-corrected chi connectivity index (χ4v) is 5.34. The fourth-order valence-electron chi connectivity index (χ4n) is 3.96. The second kappa shape index (κ2) is 15.0. The van der Waals surface area contributed by atoms with Gasteiger partial charge in [0, 0.05) is 36.6 Å². The van der Waals surface area contributed by atoms with Crippen LogP contribution in [0.25, 0.3) is 0 Å². The van der Waals surface area contributed by atoms with Gasteiger partial charge in [0.1, 0.15) is 17.2 Å². The Kier molecular flexibility index (Phi) is 12.7. The van der Waals surface area contributed by atoms with Crippen LogP contribution in [0.3, 0.4) is 0 Å². The van der Waals surface area contributed by atoms with Crippen molar-refractivity contribution >= 4 is 24.5 Å². The Morgan fingerprint density at radius 2 is 1.82 bits per heavy atom. The van der Waals surface area contributed by atoms with E-state index in [1.54, 1.807) is 39.8 Å². The number of carbonyl (C=O) groups excluding carboxylic acids is 2. The number of hydrogen-bond donors (Lipinski definition) is 0. The number of allylic oxidation sites excluding steroid dienone is 3. The Morgan fingerprint density at radius 1 is 1.15 bits per heavy atom. The zero-order valence-corrected chi connectivity index (χ0v) is 25.8. The first-order chi connectivity index (χ1) is 18.6. The Balaban J connectivity index is 0.000000840. The summed E-state index contributed by atoms with van der Waals surface area (Å²) >= 11 is 1.67. The number of hydrogen-bond acceptors (Lipinski definition) is 7. The quantitative estimate of drug-likeness (QED) is 0.186. The molecule has 1 aliphatic heterocycles. The lowest BCUT2D eigenvalue weighted by Crippen LogP contribution is -2.38. The molecule has 2 atom stereocenters. The van der Waals surface area contributed by atoms with E-state index in [0.29, 0.717) is 10.3 Å². The van der Waals surface area contributed by atoms with E-state index in [1.807, 2.05) is 20.8 Å². The Labute approximate surface area is 242 Å². The van der Waals surface area contributed by atoms with Gasteiger partial charge in [0.05, 0.1) is 11.6 Å². The van der Waals surface area contributed by atoms with E-state index in [9.17, 15) is 9.59 Å². The summed E-state index contributed by atoms with van der Waals surface area (Å²) in [6.07, 6.45) is 9.77. The van der Waals surface area contributed by atoms with Crippen LogP contribution in [-0.4, -0.2) is 52.0 Å². The maximum atomic E-state index is 15.1. The largest absolute Gasteiger partial charge is 0.444 e. The van der Waals surface area contributed by atoms with Gasteiger partial charge in [-0.15, -0.1) is 5.06 Å². The van der Waals surface area contributed by atoms with Crippen LogP contribution in [0, 0.1) is 11.6 Å². The van der Waals surface area contributed by atoms with Crippen molar-refractivity contribution in [3.8, 4) is 0 Å². The van der Waals surface area contributed by atoms with Crippen LogP contribution >= 0.6 is 11.9 Å². The van der Waals surface area contributed by atoms with Gasteiger partial charge in [-0.2, -0.15) is 0 Å². The van der Waals surface area contributed by atoms with Crippen molar-refractivity contribution < 1.29 is 32.7 Å². The van der Waals surface area contributed by atoms with Gasteiger partial charge in [-0.25, -0.2) is 17.9 Å². The second-order valence-corrected chi connectivity index (χ2v) is 13.0. The molecule has 1 aromatic carbocycles. The number of halogens is 2. The number of hydroxylamine groups is 2. The zero-order valence-electron chi connectivity index (χ0n) is 25.0. The van der Waals surface area contributed by atoms with Crippen molar-refractivity contribution in [2.75, 3.05) is 13.7 Å². The lowest BCUT2D eigenvalue weighted by Gasteiger charge is -2.33. The van der Waals surface area contributed by atoms with Gasteiger partial charge in [-0.3, -0.25) is 4.79 Å². The lowest BCUT2D eigenvalue weighted by atomic mass is 10.0. The van der Waals surface area contributed by atoms with Crippen molar-refractivity contribution in [1.29, 1.82) is 0 Å². The van der Waals surface area contributed by atoms with E-state index in [0.717, 1.165) is 44.4 Å². The summed E-state index contributed by atoms with van der Waals surface area (Å²) in [5.74, 6) is -1.28. The molecule has 1 amide bonds. The molecule has 40 heavy (non-hydrogen) atoms. The highest BCUT2D eigenvalue weighted by molar-refractivity contribution is 7.97. The predicted octanol–water partition coefficient (Wildman–Crippen LogP) is 7.67. The van der Waals surface area contributed by atoms with Gasteiger partial charge in [0.15, 0.2) is 0 Å². The Morgan fingerprint density at radius 3 is 2.38 bits per heavy atom. The third kappa shape index (κ3) is 10.9. The molecule has 2 aliphatic rings. The van der Waals surface area contributed by atoms with Gasteiger partial charge in [-0.05, 0) is 91.9 Å². The number of rotatable bonds is 7. The van der Waals surface area contributed by atoms with Gasteiger partial charge in [0.2, 0.25) is 0 Å². The van der Waals surface area contributed by atoms with Crippen molar-refractivity contribution in [2.24, 2.45) is 0 Å². The number of carbonyl (C=O) groups is 2. The van der Waals surface area contributed by atoms with E-state index in [4.69, 9.17) is 14.3 Å². The Hall–Kier alpha value is -2.43. The SMILES string of the molecule is CC(c1cc(F)c(CN2CCCC(C3=CCCC=C3)S2)cc1F)N(OC=O)C(=O)OC(C)(C)C.COC(C)(C)C. The van der Waals surface area contributed by atoms with Crippen LogP contribution in [-0.2, 0) is 25.7 Å². The smallest absolute Gasteiger partial charge is 0.442 e. The molecule has 1 fully saturated rings. The van der Waals surface area contributed by atoms with Crippen LogP contribution in [0.1, 0.15) is 91.3 Å². The molecule has 1 saturated heterocycles. The van der Waals surface area contributed by atoms with Crippen molar-refractivity contribution in [2.45, 2.75) is 103 Å². The van der Waals surface area contributed by atoms with Crippen LogP contribution < -0.4 is 0 Å². The first-order valence-corrected chi connectivity index (χ1v) is 14.4. The van der Waals surface area contributed by atoms with E-state index in [1.165, 1.54) is 12.5 Å². The molecule has 1 aliphatic carbocycles. The van der Waals surface area contributed by atoms with Crippen molar-refractivity contribution in [1.82, 2.24) is 9.37 Å². The summed E-state index contributed by atoms with van der Waals surface area (Å²) in [6, 6.07) is 1.11. The number of ether oxygens (including phenoxy) is 2. The highest BCUT2D eigenvalue weighted by atomic mass is 32.2. The number of nitrogens with zero attached hydrogens (tertiary/aromatic N) is 2. The summed E-state index contributed by atoms with van der Waals surface area (Å²) in [5.41, 5.74) is 0.599. The third-order valence-electron chi connectivity index (χ3n) is 6.20. The van der Waals surface area contributed by atoms with Crippen LogP contribution in [0.2, 0.25) is 0 Å². The standard InChI is InChI=1S/C25H32F2N2O4S.C5H12O/c1-17(29(32-16-30)24(31)33-25(2,3)4)20-14-21(26)19(13-22(20)27)15-28-12-8-11-23(34-28)18-9-6-5-7-10-18;1-5(2,3)6-4/h6,9-10,13-14,16-17,23H,5,7-8,11-12,15H2,1-4H3;1-4H3. The molecule has 0 saturated carbocycles. The third-order valence-corrected chi connectivity index (χ3v) is 7.57. The molecule has 1 heterocycles. The average Bonchev–Trinajstić information content (AvgIpc) is 2.88. The van der Waals surface area contributed by atoms with Gasteiger partial charge >= 0.3 is 12.6 Å². The van der Waals surface area contributed by atoms with Crippen LogP contribution in [0.4, 0.5) is 13.6 Å². The minimum atomic E-state index is -1.10. The molecule has 0 radical (unpaired) electrons. The van der Waals surface area contributed by atoms with Crippen LogP contribution in [0.5, 0.6) is 0 Å². The van der Waals surface area contributed by atoms with E-state index < -0.39 is 29.4 Å². The van der Waals surface area contributed by atoms with Crippen LogP contribution in [0.15, 0.2) is 35.9 Å². The highest BCUT2D eigenvalue weighted by Gasteiger charge is 2.31. The highest BCUT2D eigenvalue weighted by Crippen LogP contribution is 2.36. The predicted molar refractivity (Wildman–Crippen MR) is 154 cm³/mol. The minimum absolute atomic E-state index is 0.0417. The first kappa shape index (κ1) is 33.8. The summed E-state index contributed by atoms with van der Waals surface area (Å²) in [4.78, 5) is 28.1. The summed E-state index contributed by atoms with van der Waals surface area (Å²) in [7, 11) is 1.71. The summed E-state index contributed by atoms with van der Waals surface area (Å²) in [5, 5.41) is 0.923. The van der Waals surface area contributed by atoms with E-state index in [2.05, 4.69) is 22.5 Å². The maximum absolute atomic E-state index is 15.1. The normalized spacial score (nSPS) is 18.6. The fraction of sp³-hybridized carbons (Fsp3) is 0.600. The number of benzene rings is 1. The molecule has 2 unspecified atom stereocenters. The van der Waals surface area contributed by atoms with Gasteiger partial charge < -0.3 is 14.3 Å². The van der Waals surface area contributed by atoms with Gasteiger partial charge in [0.25, 0.3) is 0 Å². The maximum Gasteiger partial charge on any atom is 0.444 e. The topological polar surface area (TPSA) is 68.3 Å². The van der Waals surface area contributed by atoms with E-state index >= 15 is 8.78 Å². The van der Waals surface area contributed by atoms with Gasteiger partial charge in [-0.1, -0.05) is 30.2 Å². The number of amides is 1. The molecule has 224 valence electrons. The molecular formula is C30H44F2N2O5S. The monoisotopic (exact) mass is 582 g/mol. The molecule has 0 aromatic heterocycles. The summed E-state index contributed by atoms with van der Waals surface area (Å²) < 4.78 is 42.3. The minimum Gasteiger partial charge on any atom is -0.442 e. The number of methoxy groups -OCH3 is 1. The molecule has 0 spiro atoms. The molecule has 0 bridgehead atoms. The Bertz CT molecular complexity index is 1070. The molecule has 0 N–H and O–H groups in total. The van der Waals surface area contributed by atoms with E-state index in [-0.39, 0.29) is 29.7 Å². The molecule has 1 aromatic rings.